The van der Waals surface area contributed by atoms with Gasteiger partial charge in [0.15, 0.2) is 23.0 Å². The van der Waals surface area contributed by atoms with Crippen LogP contribution in [0.4, 0.5) is 0 Å². The van der Waals surface area contributed by atoms with E-state index < -0.39 is 17.8 Å². The van der Waals surface area contributed by atoms with E-state index in [9.17, 15) is 10.2 Å². The standard InChI is InChI=1S/C22H31NO4.C21H27NO4/c1-4-22(9-6-5-7-10-22)27-16-19(24)15-23-11-8-17-12-20(25-2)21(26-3)13-18(17)14-23;1-15-4-6-19(7-5-15)26-14-18(23)13-22-9-8-16-10-20(24-2)21(25-3)11-17(16)12-22/h1,12-13,19,24H,5-11,14-16H2,2-3H3;4-7,10-11,18,23H,8-9,12-14H2,1-3H3. The molecule has 1 aliphatic carbocycles. The number of fused-ring (bicyclic) bond motifs is 2. The Bertz CT molecular complexity index is 1650. The lowest BCUT2D eigenvalue weighted by Gasteiger charge is -2.35. The summed E-state index contributed by atoms with van der Waals surface area (Å²) in [5, 5.41) is 20.8. The second kappa shape index (κ2) is 19.4. The van der Waals surface area contributed by atoms with Gasteiger partial charge in [-0.1, -0.05) is 30.0 Å². The van der Waals surface area contributed by atoms with E-state index in [-0.39, 0.29) is 0 Å². The predicted molar refractivity (Wildman–Crippen MR) is 206 cm³/mol. The number of ether oxygens (including phenoxy) is 6. The van der Waals surface area contributed by atoms with E-state index in [1.54, 1.807) is 28.4 Å². The maximum Gasteiger partial charge on any atom is 0.161 e. The molecule has 0 saturated heterocycles. The molecule has 2 atom stereocenters. The van der Waals surface area contributed by atoms with Gasteiger partial charge in [0.05, 0.1) is 41.2 Å². The lowest BCUT2D eigenvalue weighted by Crippen LogP contribution is -2.41. The molecule has 1 fully saturated rings. The Morgan fingerprint density at radius 3 is 1.58 bits per heavy atom. The smallest absolute Gasteiger partial charge is 0.161 e. The fraction of sp³-hybridized carbons (Fsp3) is 0.535. The Hall–Kier alpha value is -3.98. The normalized spacial score (nSPS) is 17.8. The van der Waals surface area contributed by atoms with Gasteiger partial charge in [-0.15, -0.1) is 6.42 Å². The second-order valence-electron chi connectivity index (χ2n) is 14.4. The molecule has 10 nitrogen and oxygen atoms in total. The minimum Gasteiger partial charge on any atom is -0.493 e. The Balaban J connectivity index is 0.000000204. The molecule has 0 amide bonds. The first-order valence-corrected chi connectivity index (χ1v) is 18.8. The first kappa shape index (κ1) is 40.2. The number of aryl methyl sites for hydroxylation is 1. The van der Waals surface area contributed by atoms with E-state index in [1.165, 1.54) is 34.2 Å². The van der Waals surface area contributed by atoms with E-state index in [0.29, 0.717) is 26.3 Å². The van der Waals surface area contributed by atoms with Gasteiger partial charge in [-0.2, -0.15) is 0 Å². The Labute approximate surface area is 315 Å². The largest absolute Gasteiger partial charge is 0.493 e. The van der Waals surface area contributed by atoms with Gasteiger partial charge < -0.3 is 38.6 Å². The zero-order valence-electron chi connectivity index (χ0n) is 32.2. The molecule has 2 aliphatic heterocycles. The summed E-state index contributed by atoms with van der Waals surface area (Å²) in [4.78, 5) is 4.50. The number of aliphatic hydroxyl groups excluding tert-OH is 2. The average molecular weight is 731 g/mol. The fourth-order valence-corrected chi connectivity index (χ4v) is 7.43. The van der Waals surface area contributed by atoms with Crippen molar-refractivity contribution in [3.05, 3.63) is 76.3 Å². The van der Waals surface area contributed by atoms with Crippen LogP contribution in [-0.4, -0.2) is 106 Å². The van der Waals surface area contributed by atoms with Crippen LogP contribution in [0.25, 0.3) is 0 Å². The van der Waals surface area contributed by atoms with Gasteiger partial charge in [0.1, 0.15) is 24.1 Å². The summed E-state index contributed by atoms with van der Waals surface area (Å²) in [7, 11) is 6.62. The number of methoxy groups -OCH3 is 4. The van der Waals surface area contributed by atoms with E-state index in [0.717, 1.165) is 93.5 Å². The lowest BCUT2D eigenvalue weighted by molar-refractivity contribution is -0.0703. The third-order valence-corrected chi connectivity index (χ3v) is 10.5. The maximum absolute atomic E-state index is 10.5. The van der Waals surface area contributed by atoms with Crippen molar-refractivity contribution in [2.45, 2.75) is 82.8 Å². The zero-order chi connectivity index (χ0) is 37.8. The molecule has 0 aromatic heterocycles. The topological polar surface area (TPSA) is 102 Å². The summed E-state index contributed by atoms with van der Waals surface area (Å²) in [5.41, 5.74) is 5.72. The van der Waals surface area contributed by atoms with Gasteiger partial charge in [-0.25, -0.2) is 0 Å². The van der Waals surface area contributed by atoms with Crippen molar-refractivity contribution in [2.75, 3.05) is 67.8 Å². The monoisotopic (exact) mass is 730 g/mol. The molecule has 53 heavy (non-hydrogen) atoms. The van der Waals surface area contributed by atoms with Gasteiger partial charge in [0.2, 0.25) is 0 Å². The molecule has 2 unspecified atom stereocenters. The van der Waals surface area contributed by atoms with Crippen molar-refractivity contribution in [2.24, 2.45) is 0 Å². The molecule has 288 valence electrons. The number of hydrogen-bond acceptors (Lipinski definition) is 10. The SMILES string of the molecule is C#CC1(OCC(O)CN2CCc3cc(OC)c(OC)cc3C2)CCCCC1.COc1cc2c(cc1OC)CN(CC(O)COc1ccc(C)cc1)CC2. The van der Waals surface area contributed by atoms with E-state index >= 15 is 0 Å². The molecule has 0 radical (unpaired) electrons. The third kappa shape index (κ3) is 11.0. The molecule has 3 aromatic carbocycles. The van der Waals surface area contributed by atoms with Crippen molar-refractivity contribution in [3.63, 3.8) is 0 Å². The Kier molecular flexibility index (Phi) is 14.7. The lowest BCUT2D eigenvalue weighted by atomic mass is 9.85. The van der Waals surface area contributed by atoms with Crippen LogP contribution in [0, 0.1) is 19.3 Å². The van der Waals surface area contributed by atoms with Crippen LogP contribution in [0.1, 0.15) is 59.9 Å². The molecule has 3 aliphatic rings. The Morgan fingerprint density at radius 1 is 0.679 bits per heavy atom. The molecular weight excluding hydrogens is 672 g/mol. The van der Waals surface area contributed by atoms with Crippen molar-refractivity contribution in [1.82, 2.24) is 9.80 Å². The van der Waals surface area contributed by atoms with Crippen molar-refractivity contribution in [1.29, 1.82) is 0 Å². The molecule has 0 spiro atoms. The van der Waals surface area contributed by atoms with E-state index in [1.807, 2.05) is 43.3 Å². The third-order valence-electron chi connectivity index (χ3n) is 10.5. The summed E-state index contributed by atoms with van der Waals surface area (Å²) >= 11 is 0. The van der Waals surface area contributed by atoms with Crippen LogP contribution in [-0.2, 0) is 30.7 Å². The summed E-state index contributed by atoms with van der Waals surface area (Å²) < 4.78 is 33.3. The minimum atomic E-state index is -0.543. The van der Waals surface area contributed by atoms with E-state index in [4.69, 9.17) is 34.8 Å². The molecule has 2 heterocycles. The molecule has 0 bridgehead atoms. The number of terminal acetylenes is 1. The zero-order valence-corrected chi connectivity index (χ0v) is 32.2. The highest BCUT2D eigenvalue weighted by molar-refractivity contribution is 5.49. The van der Waals surface area contributed by atoms with Crippen LogP contribution in [0.3, 0.4) is 0 Å². The summed E-state index contributed by atoms with van der Waals surface area (Å²) in [6.07, 6.45) is 11.7. The summed E-state index contributed by atoms with van der Waals surface area (Å²) in [6.45, 7) is 7.16. The number of rotatable bonds is 14. The molecule has 1 saturated carbocycles. The highest BCUT2D eigenvalue weighted by Crippen LogP contribution is 2.35. The van der Waals surface area contributed by atoms with Crippen molar-refractivity contribution in [3.8, 4) is 41.1 Å². The van der Waals surface area contributed by atoms with Crippen molar-refractivity contribution < 1.29 is 38.6 Å². The highest BCUT2D eigenvalue weighted by Gasteiger charge is 2.32. The van der Waals surface area contributed by atoms with Gasteiger partial charge in [0.25, 0.3) is 0 Å². The number of hydrogen-bond donors (Lipinski definition) is 2. The van der Waals surface area contributed by atoms with Crippen LogP contribution in [0.5, 0.6) is 28.7 Å². The molecular formula is C43H58N2O8. The van der Waals surface area contributed by atoms with Crippen molar-refractivity contribution >= 4 is 0 Å². The average Bonchev–Trinajstić information content (AvgIpc) is 3.19. The van der Waals surface area contributed by atoms with E-state index in [2.05, 4.69) is 27.9 Å². The highest BCUT2D eigenvalue weighted by atomic mass is 16.5. The van der Waals surface area contributed by atoms with Crippen LogP contribution in [0.15, 0.2) is 48.5 Å². The molecule has 3 aromatic rings. The fourth-order valence-electron chi connectivity index (χ4n) is 7.43. The number of β-amino-alcohol motifs (C(OH)–C–C–N with tert-alkyl or cyclic N) is 2. The number of benzene rings is 3. The molecule has 10 heteroatoms. The first-order valence-electron chi connectivity index (χ1n) is 18.8. The Morgan fingerprint density at radius 2 is 1.13 bits per heavy atom. The van der Waals surface area contributed by atoms with Crippen LogP contribution in [0.2, 0.25) is 0 Å². The molecule has 6 rings (SSSR count). The maximum atomic E-state index is 10.5. The van der Waals surface area contributed by atoms with Gasteiger partial charge >= 0.3 is 0 Å². The van der Waals surface area contributed by atoms with Gasteiger partial charge in [0, 0.05) is 39.3 Å². The van der Waals surface area contributed by atoms with Crippen LogP contribution >= 0.6 is 0 Å². The van der Waals surface area contributed by atoms with Gasteiger partial charge in [-0.3, -0.25) is 9.80 Å². The number of nitrogens with zero attached hydrogens (tertiary/aromatic N) is 2. The second-order valence-corrected chi connectivity index (χ2v) is 14.4. The van der Waals surface area contributed by atoms with Crippen LogP contribution < -0.4 is 23.7 Å². The first-order chi connectivity index (χ1) is 25.7. The summed E-state index contributed by atoms with van der Waals surface area (Å²) in [5.74, 6) is 6.66. The number of aliphatic hydroxyl groups is 2. The summed E-state index contributed by atoms with van der Waals surface area (Å²) in [6, 6.07) is 16.1. The molecule has 2 N–H and O–H groups in total. The predicted octanol–water partition coefficient (Wildman–Crippen LogP) is 5.59. The minimum absolute atomic E-state index is 0.290. The van der Waals surface area contributed by atoms with Gasteiger partial charge in [-0.05, 0) is 104 Å². The quantitative estimate of drug-likeness (QED) is 0.205.